The van der Waals surface area contributed by atoms with Crippen LogP contribution in [0.4, 0.5) is 5.69 Å². The van der Waals surface area contributed by atoms with Crippen LogP contribution in [0.15, 0.2) is 60.7 Å². The minimum Gasteiger partial charge on any atom is -0.309 e. The van der Waals surface area contributed by atoms with Crippen molar-refractivity contribution in [2.45, 2.75) is 6.92 Å². The first kappa shape index (κ1) is 13.5. The Hall–Kier alpha value is -3.14. The number of non-ortho nitro benzene ring substituents is 1. The van der Waals surface area contributed by atoms with Gasteiger partial charge in [0.25, 0.3) is 5.69 Å². The van der Waals surface area contributed by atoms with E-state index in [0.717, 1.165) is 33.1 Å². The average Bonchev–Trinajstić information content (AvgIpc) is 2.88. The van der Waals surface area contributed by atoms with Gasteiger partial charge in [-0.05, 0) is 30.7 Å². The van der Waals surface area contributed by atoms with E-state index in [1.165, 1.54) is 0 Å². The number of para-hydroxylation sites is 1. The molecular formula is C19H13N2O2. The normalized spacial score (nSPS) is 11.2. The van der Waals surface area contributed by atoms with E-state index in [2.05, 4.69) is 16.7 Å². The molecule has 4 heteroatoms. The molecule has 4 nitrogen and oxygen atoms in total. The first-order valence-electron chi connectivity index (χ1n) is 7.31. The average molecular weight is 301 g/mol. The minimum atomic E-state index is -0.357. The smallest absolute Gasteiger partial charge is 0.270 e. The third-order valence-electron chi connectivity index (χ3n) is 4.05. The highest BCUT2D eigenvalue weighted by atomic mass is 16.6. The molecular weight excluding hydrogens is 288 g/mol. The van der Waals surface area contributed by atoms with Crippen LogP contribution in [0.25, 0.3) is 27.5 Å². The van der Waals surface area contributed by atoms with Crippen molar-refractivity contribution in [2.75, 3.05) is 0 Å². The fraction of sp³-hybridized carbons (Fsp3) is 0.0526. The summed E-state index contributed by atoms with van der Waals surface area (Å²) in [4.78, 5) is 10.7. The Morgan fingerprint density at radius 3 is 2.57 bits per heavy atom. The molecule has 0 unspecified atom stereocenters. The first-order chi connectivity index (χ1) is 11.1. The molecule has 0 bridgehead atoms. The molecule has 1 aromatic heterocycles. The van der Waals surface area contributed by atoms with Crippen LogP contribution in [0.2, 0.25) is 0 Å². The fourth-order valence-corrected chi connectivity index (χ4v) is 3.03. The number of nitro groups is 1. The molecule has 0 spiro atoms. The SMILES string of the molecule is Cc1cc[c]c(-n2c3ccccc3c3cc([N+](=O)[O-])ccc32)c1. The van der Waals surface area contributed by atoms with E-state index >= 15 is 0 Å². The molecule has 4 aromatic rings. The van der Waals surface area contributed by atoms with Gasteiger partial charge in [0.15, 0.2) is 0 Å². The van der Waals surface area contributed by atoms with Gasteiger partial charge in [-0.3, -0.25) is 10.1 Å². The molecule has 0 aliphatic heterocycles. The van der Waals surface area contributed by atoms with E-state index in [1.54, 1.807) is 12.1 Å². The number of fused-ring (bicyclic) bond motifs is 3. The zero-order valence-corrected chi connectivity index (χ0v) is 12.5. The molecule has 0 saturated heterocycles. The fourth-order valence-electron chi connectivity index (χ4n) is 3.03. The summed E-state index contributed by atoms with van der Waals surface area (Å²) in [6.45, 7) is 2.04. The molecule has 111 valence electrons. The Morgan fingerprint density at radius 1 is 1.00 bits per heavy atom. The molecule has 1 heterocycles. The largest absolute Gasteiger partial charge is 0.309 e. The lowest BCUT2D eigenvalue weighted by Gasteiger charge is -2.08. The summed E-state index contributed by atoms with van der Waals surface area (Å²) >= 11 is 0. The first-order valence-corrected chi connectivity index (χ1v) is 7.31. The lowest BCUT2D eigenvalue weighted by Crippen LogP contribution is -1.94. The molecule has 0 atom stereocenters. The lowest BCUT2D eigenvalue weighted by atomic mass is 10.1. The predicted molar refractivity (Wildman–Crippen MR) is 91.0 cm³/mol. The van der Waals surface area contributed by atoms with Crippen LogP contribution >= 0.6 is 0 Å². The molecule has 0 aliphatic carbocycles. The Labute approximate surface area is 132 Å². The molecule has 3 aromatic carbocycles. The quantitative estimate of drug-likeness (QED) is 0.394. The van der Waals surface area contributed by atoms with Crippen LogP contribution < -0.4 is 0 Å². The van der Waals surface area contributed by atoms with Gasteiger partial charge in [0.1, 0.15) is 0 Å². The second-order valence-electron chi connectivity index (χ2n) is 5.56. The highest BCUT2D eigenvalue weighted by Gasteiger charge is 2.15. The van der Waals surface area contributed by atoms with Gasteiger partial charge in [-0.2, -0.15) is 0 Å². The minimum absolute atomic E-state index is 0.105. The third-order valence-corrected chi connectivity index (χ3v) is 4.05. The third kappa shape index (κ3) is 2.07. The van der Waals surface area contributed by atoms with E-state index in [0.29, 0.717) is 0 Å². The van der Waals surface area contributed by atoms with Crippen LogP contribution in [0.5, 0.6) is 0 Å². The van der Waals surface area contributed by atoms with Gasteiger partial charge in [0, 0.05) is 29.0 Å². The van der Waals surface area contributed by atoms with Crippen LogP contribution in [0, 0.1) is 23.1 Å². The molecule has 0 fully saturated rings. The van der Waals surface area contributed by atoms with Gasteiger partial charge in [0.2, 0.25) is 0 Å². The second kappa shape index (κ2) is 4.95. The van der Waals surface area contributed by atoms with Crippen molar-refractivity contribution in [3.05, 3.63) is 82.4 Å². The maximum Gasteiger partial charge on any atom is 0.270 e. The topological polar surface area (TPSA) is 48.1 Å². The number of nitrogens with zero attached hydrogens (tertiary/aromatic N) is 2. The van der Waals surface area contributed by atoms with Crippen molar-refractivity contribution in [3.8, 4) is 5.69 Å². The van der Waals surface area contributed by atoms with Crippen molar-refractivity contribution in [2.24, 2.45) is 0 Å². The maximum absolute atomic E-state index is 11.1. The van der Waals surface area contributed by atoms with Crippen molar-refractivity contribution < 1.29 is 4.92 Å². The second-order valence-corrected chi connectivity index (χ2v) is 5.56. The number of aromatic nitrogens is 1. The molecule has 0 N–H and O–H groups in total. The van der Waals surface area contributed by atoms with Crippen LogP contribution in [0.3, 0.4) is 0 Å². The Kier molecular flexibility index (Phi) is 2.91. The van der Waals surface area contributed by atoms with Gasteiger partial charge in [0.05, 0.1) is 21.6 Å². The van der Waals surface area contributed by atoms with Gasteiger partial charge >= 0.3 is 0 Å². The lowest BCUT2D eigenvalue weighted by molar-refractivity contribution is -0.384. The standard InChI is InChI=1S/C19H13N2O2/c1-13-5-4-6-14(11-13)20-18-8-3-2-7-16(18)17-12-15(21(22)23)9-10-19(17)20/h2-5,7-12H,1H3. The van der Waals surface area contributed by atoms with Gasteiger partial charge in [-0.25, -0.2) is 0 Å². The number of hydrogen-bond donors (Lipinski definition) is 0. The molecule has 0 saturated carbocycles. The van der Waals surface area contributed by atoms with Gasteiger partial charge in [-0.15, -0.1) is 0 Å². The number of hydrogen-bond acceptors (Lipinski definition) is 2. The summed E-state index contributed by atoms with van der Waals surface area (Å²) in [6, 6.07) is 22.2. The summed E-state index contributed by atoms with van der Waals surface area (Å²) in [5.41, 5.74) is 4.15. The van der Waals surface area contributed by atoms with Crippen molar-refractivity contribution in [1.82, 2.24) is 4.57 Å². The monoisotopic (exact) mass is 301 g/mol. The Bertz CT molecular complexity index is 1060. The van der Waals surface area contributed by atoms with Crippen molar-refractivity contribution in [1.29, 1.82) is 0 Å². The Morgan fingerprint density at radius 2 is 1.78 bits per heavy atom. The highest BCUT2D eigenvalue weighted by molar-refractivity contribution is 6.09. The summed E-state index contributed by atoms with van der Waals surface area (Å²) in [7, 11) is 0. The maximum atomic E-state index is 11.1. The number of rotatable bonds is 2. The van der Waals surface area contributed by atoms with Crippen molar-refractivity contribution in [3.63, 3.8) is 0 Å². The molecule has 0 aliphatic rings. The van der Waals surface area contributed by atoms with E-state index < -0.39 is 0 Å². The van der Waals surface area contributed by atoms with E-state index in [1.807, 2.05) is 49.4 Å². The number of aryl methyl sites for hydroxylation is 1. The van der Waals surface area contributed by atoms with E-state index in [-0.39, 0.29) is 10.6 Å². The van der Waals surface area contributed by atoms with Gasteiger partial charge < -0.3 is 4.57 Å². The zero-order chi connectivity index (χ0) is 16.0. The summed E-state index contributed by atoms with van der Waals surface area (Å²) in [6.07, 6.45) is 0. The molecule has 0 amide bonds. The predicted octanol–water partition coefficient (Wildman–Crippen LogP) is 4.80. The molecule has 23 heavy (non-hydrogen) atoms. The summed E-state index contributed by atoms with van der Waals surface area (Å²) in [5, 5.41) is 13.0. The Balaban J connectivity index is 2.15. The highest BCUT2D eigenvalue weighted by Crippen LogP contribution is 2.33. The van der Waals surface area contributed by atoms with Crippen molar-refractivity contribution >= 4 is 27.5 Å². The van der Waals surface area contributed by atoms with Crippen LogP contribution in [0.1, 0.15) is 5.56 Å². The molecule has 4 rings (SSSR count). The van der Waals surface area contributed by atoms with E-state index in [9.17, 15) is 10.1 Å². The summed E-state index contributed by atoms with van der Waals surface area (Å²) < 4.78 is 2.10. The molecule has 1 radical (unpaired) electrons. The number of benzene rings is 3. The van der Waals surface area contributed by atoms with Crippen LogP contribution in [-0.4, -0.2) is 9.49 Å². The van der Waals surface area contributed by atoms with E-state index in [4.69, 9.17) is 0 Å². The zero-order valence-electron chi connectivity index (χ0n) is 12.5. The summed E-state index contributed by atoms with van der Waals surface area (Å²) in [5.74, 6) is 0. The van der Waals surface area contributed by atoms with Crippen LogP contribution in [-0.2, 0) is 0 Å². The number of nitro benzene ring substituents is 1. The van der Waals surface area contributed by atoms with Gasteiger partial charge in [-0.1, -0.05) is 30.3 Å².